The Kier molecular flexibility index (Phi) is 6.26. The Morgan fingerprint density at radius 2 is 1.59 bits per heavy atom. The fourth-order valence-corrected chi connectivity index (χ4v) is 3.47. The lowest BCUT2D eigenvalue weighted by molar-refractivity contribution is 0.0686. The van der Waals surface area contributed by atoms with Crippen LogP contribution in [-0.2, 0) is 18.5 Å². The van der Waals surface area contributed by atoms with Crippen LogP contribution in [0.4, 0.5) is 0 Å². The van der Waals surface area contributed by atoms with Gasteiger partial charge in [0.25, 0.3) is 5.91 Å². The van der Waals surface area contributed by atoms with Gasteiger partial charge in [0.1, 0.15) is 0 Å². The zero-order valence-corrected chi connectivity index (χ0v) is 18.2. The maximum Gasteiger partial charge on any atom is 0.254 e. The summed E-state index contributed by atoms with van der Waals surface area (Å²) in [5.41, 5.74) is 4.46. The van der Waals surface area contributed by atoms with Crippen molar-refractivity contribution in [1.82, 2.24) is 9.47 Å². The first kappa shape index (κ1) is 20.9. The van der Waals surface area contributed by atoms with Crippen molar-refractivity contribution in [2.75, 3.05) is 0 Å². The molecule has 1 amide bonds. The molecule has 0 saturated heterocycles. The van der Waals surface area contributed by atoms with E-state index in [0.717, 1.165) is 17.8 Å². The summed E-state index contributed by atoms with van der Waals surface area (Å²) in [6, 6.07) is 22.8. The van der Waals surface area contributed by atoms with Crippen molar-refractivity contribution in [2.45, 2.75) is 59.2 Å². The first-order valence-corrected chi connectivity index (χ1v) is 10.3. The molecule has 0 bridgehead atoms. The Morgan fingerprint density at radius 1 is 0.931 bits per heavy atom. The van der Waals surface area contributed by atoms with E-state index in [1.165, 1.54) is 11.1 Å². The molecule has 3 aromatic rings. The molecule has 1 aromatic heterocycles. The summed E-state index contributed by atoms with van der Waals surface area (Å²) in [6.07, 6.45) is 2.09. The molecule has 0 unspecified atom stereocenters. The van der Waals surface area contributed by atoms with Gasteiger partial charge in [-0.25, -0.2) is 0 Å². The Bertz CT molecular complexity index is 931. The molecule has 0 aliphatic carbocycles. The van der Waals surface area contributed by atoms with Crippen molar-refractivity contribution >= 4 is 5.91 Å². The summed E-state index contributed by atoms with van der Waals surface area (Å²) in [5, 5.41) is 0. The van der Waals surface area contributed by atoms with Gasteiger partial charge in [-0.3, -0.25) is 4.79 Å². The molecular formula is C26H32N2O. The maximum atomic E-state index is 13.3. The Balaban J connectivity index is 1.79. The van der Waals surface area contributed by atoms with Crippen molar-refractivity contribution < 1.29 is 4.79 Å². The van der Waals surface area contributed by atoms with Crippen LogP contribution in [0.3, 0.4) is 0 Å². The van der Waals surface area contributed by atoms with Crippen LogP contribution in [0.5, 0.6) is 0 Å². The van der Waals surface area contributed by atoms with Gasteiger partial charge < -0.3 is 9.47 Å². The predicted molar refractivity (Wildman–Crippen MR) is 120 cm³/mol. The second-order valence-corrected chi connectivity index (χ2v) is 8.97. The molecule has 0 N–H and O–H groups in total. The highest BCUT2D eigenvalue weighted by Gasteiger charge is 2.21. The lowest BCUT2D eigenvalue weighted by Gasteiger charge is -2.28. The molecule has 0 spiro atoms. The number of nitrogens with zero attached hydrogens (tertiary/aromatic N) is 2. The van der Waals surface area contributed by atoms with Crippen LogP contribution >= 0.6 is 0 Å². The lowest BCUT2D eigenvalue weighted by Crippen LogP contribution is -2.37. The Morgan fingerprint density at radius 3 is 2.17 bits per heavy atom. The molecule has 0 radical (unpaired) electrons. The van der Waals surface area contributed by atoms with Crippen molar-refractivity contribution in [2.24, 2.45) is 0 Å². The predicted octanol–water partition coefficient (Wildman–Crippen LogP) is 5.88. The summed E-state index contributed by atoms with van der Waals surface area (Å²) in [7, 11) is 0. The summed E-state index contributed by atoms with van der Waals surface area (Å²) < 4.78 is 2.22. The van der Waals surface area contributed by atoms with Gasteiger partial charge in [-0.15, -0.1) is 0 Å². The molecule has 0 aliphatic rings. The van der Waals surface area contributed by atoms with Gasteiger partial charge in [0.05, 0.1) is 6.54 Å². The number of amides is 1. The molecule has 152 valence electrons. The van der Waals surface area contributed by atoms with Gasteiger partial charge in [-0.05, 0) is 54.7 Å². The smallest absolute Gasteiger partial charge is 0.254 e. The van der Waals surface area contributed by atoms with Gasteiger partial charge in [-0.1, -0.05) is 63.2 Å². The highest BCUT2D eigenvalue weighted by atomic mass is 16.2. The van der Waals surface area contributed by atoms with Crippen LogP contribution in [0.2, 0.25) is 0 Å². The summed E-state index contributed by atoms with van der Waals surface area (Å²) in [6.45, 7) is 12.1. The van der Waals surface area contributed by atoms with Crippen molar-refractivity contribution in [1.29, 1.82) is 0 Å². The minimum atomic E-state index is 0.0768. The van der Waals surface area contributed by atoms with E-state index in [0.29, 0.717) is 6.54 Å². The molecular weight excluding hydrogens is 356 g/mol. The van der Waals surface area contributed by atoms with Crippen LogP contribution in [0.1, 0.15) is 61.8 Å². The first-order chi connectivity index (χ1) is 13.8. The molecule has 29 heavy (non-hydrogen) atoms. The first-order valence-electron chi connectivity index (χ1n) is 10.3. The number of hydrogen-bond donors (Lipinski definition) is 0. The fraction of sp³-hybridized carbons (Fsp3) is 0.346. The van der Waals surface area contributed by atoms with Gasteiger partial charge in [0.15, 0.2) is 0 Å². The lowest BCUT2D eigenvalue weighted by atomic mass is 9.86. The largest absolute Gasteiger partial charge is 0.345 e. The SMILES string of the molecule is CC(C)N(Cc1cccn1Cc1ccccc1)C(=O)c1ccc(C(C)(C)C)cc1. The number of benzene rings is 2. The minimum Gasteiger partial charge on any atom is -0.345 e. The zero-order valence-electron chi connectivity index (χ0n) is 18.2. The standard InChI is InChI=1S/C26H32N2O/c1-20(2)28(25(29)22-13-15-23(16-14-22)26(3,4)5)19-24-12-9-17-27(24)18-21-10-7-6-8-11-21/h6-17,20H,18-19H2,1-5H3. The maximum absolute atomic E-state index is 13.3. The highest BCUT2D eigenvalue weighted by Crippen LogP contribution is 2.23. The third kappa shape index (κ3) is 5.17. The van der Waals surface area contributed by atoms with E-state index >= 15 is 0 Å². The van der Waals surface area contributed by atoms with E-state index < -0.39 is 0 Å². The molecule has 3 heteroatoms. The van der Waals surface area contributed by atoms with E-state index in [-0.39, 0.29) is 17.4 Å². The van der Waals surface area contributed by atoms with Gasteiger partial charge in [0, 0.05) is 30.0 Å². The monoisotopic (exact) mass is 388 g/mol. The van der Waals surface area contributed by atoms with Gasteiger partial charge in [0.2, 0.25) is 0 Å². The zero-order chi connectivity index (χ0) is 21.0. The van der Waals surface area contributed by atoms with Crippen LogP contribution in [0, 0.1) is 0 Å². The quantitative estimate of drug-likeness (QED) is 0.517. The molecule has 0 atom stereocenters. The number of aromatic nitrogens is 1. The van der Waals surface area contributed by atoms with Crippen LogP contribution in [-0.4, -0.2) is 21.4 Å². The second-order valence-electron chi connectivity index (χ2n) is 8.97. The third-order valence-electron chi connectivity index (χ3n) is 5.33. The average molecular weight is 389 g/mol. The minimum absolute atomic E-state index is 0.0768. The van der Waals surface area contributed by atoms with Crippen LogP contribution in [0.25, 0.3) is 0 Å². The molecule has 0 fully saturated rings. The molecule has 3 rings (SSSR count). The highest BCUT2D eigenvalue weighted by molar-refractivity contribution is 5.94. The van der Waals surface area contributed by atoms with E-state index in [4.69, 9.17) is 0 Å². The fourth-order valence-electron chi connectivity index (χ4n) is 3.47. The normalized spacial score (nSPS) is 11.7. The van der Waals surface area contributed by atoms with Crippen LogP contribution < -0.4 is 0 Å². The molecule has 0 saturated carbocycles. The van der Waals surface area contributed by atoms with Gasteiger partial charge in [-0.2, -0.15) is 0 Å². The number of carbonyl (C=O) groups excluding carboxylic acids is 1. The van der Waals surface area contributed by atoms with E-state index in [1.807, 2.05) is 23.1 Å². The molecule has 3 nitrogen and oxygen atoms in total. The Labute approximate surface area is 175 Å². The molecule has 2 aromatic carbocycles. The molecule has 0 aliphatic heterocycles. The van der Waals surface area contributed by atoms with Crippen LogP contribution in [0.15, 0.2) is 72.9 Å². The molecule has 1 heterocycles. The van der Waals surface area contributed by atoms with E-state index in [1.54, 1.807) is 0 Å². The second kappa shape index (κ2) is 8.69. The van der Waals surface area contributed by atoms with Crippen molar-refractivity contribution in [3.05, 3.63) is 95.3 Å². The Hall–Kier alpha value is -2.81. The topological polar surface area (TPSA) is 25.2 Å². The summed E-state index contributed by atoms with van der Waals surface area (Å²) in [4.78, 5) is 15.2. The van der Waals surface area contributed by atoms with E-state index in [9.17, 15) is 4.79 Å². The number of hydrogen-bond acceptors (Lipinski definition) is 1. The van der Waals surface area contributed by atoms with Crippen molar-refractivity contribution in [3.63, 3.8) is 0 Å². The summed E-state index contributed by atoms with van der Waals surface area (Å²) >= 11 is 0. The van der Waals surface area contributed by atoms with E-state index in [2.05, 4.69) is 93.9 Å². The number of rotatable bonds is 6. The number of carbonyl (C=O) groups is 1. The average Bonchev–Trinajstić information content (AvgIpc) is 3.12. The third-order valence-corrected chi connectivity index (χ3v) is 5.33. The van der Waals surface area contributed by atoms with Crippen molar-refractivity contribution in [3.8, 4) is 0 Å². The summed E-state index contributed by atoms with van der Waals surface area (Å²) in [5.74, 6) is 0.0768. The van der Waals surface area contributed by atoms with Gasteiger partial charge >= 0.3 is 0 Å².